The van der Waals surface area contributed by atoms with E-state index in [1.807, 2.05) is 6.07 Å². The second-order valence-corrected chi connectivity index (χ2v) is 8.23. The lowest BCUT2D eigenvalue weighted by Gasteiger charge is -2.34. The summed E-state index contributed by atoms with van der Waals surface area (Å²) in [6, 6.07) is 15.4. The molecule has 0 aliphatic carbocycles. The van der Waals surface area contributed by atoms with Gasteiger partial charge in [0.15, 0.2) is 0 Å². The fourth-order valence-corrected chi connectivity index (χ4v) is 3.78. The third-order valence-electron chi connectivity index (χ3n) is 5.07. The van der Waals surface area contributed by atoms with Gasteiger partial charge < -0.3 is 4.90 Å². The highest BCUT2D eigenvalue weighted by molar-refractivity contribution is 6.35. The summed E-state index contributed by atoms with van der Waals surface area (Å²) in [6.07, 6.45) is 3.20. The molecule has 0 aromatic heterocycles. The first-order valence-electron chi connectivity index (χ1n) is 10.2. The topological polar surface area (TPSA) is 64.7 Å². The Bertz CT molecular complexity index is 913. The lowest BCUT2D eigenvalue weighted by molar-refractivity contribution is -0.127. The van der Waals surface area contributed by atoms with Gasteiger partial charge in [-0.25, -0.2) is 0 Å². The fourth-order valence-electron chi connectivity index (χ4n) is 3.31. The SMILES string of the molecule is O=C(C=Cc1ccc(Cl)cc1Cl)NNC(=O)CCN1CCN(Cc2ccccc2)CC1. The molecule has 0 bridgehead atoms. The van der Waals surface area contributed by atoms with Gasteiger partial charge in [-0.3, -0.25) is 25.3 Å². The second kappa shape index (κ2) is 11.9. The molecule has 31 heavy (non-hydrogen) atoms. The summed E-state index contributed by atoms with van der Waals surface area (Å²) >= 11 is 11.9. The van der Waals surface area contributed by atoms with Crippen molar-refractivity contribution in [3.8, 4) is 0 Å². The molecule has 0 spiro atoms. The van der Waals surface area contributed by atoms with Gasteiger partial charge in [0.1, 0.15) is 0 Å². The Hall–Kier alpha value is -2.38. The number of amides is 2. The number of carbonyl (C=O) groups excluding carboxylic acids is 2. The maximum Gasteiger partial charge on any atom is 0.262 e. The molecule has 8 heteroatoms. The number of hydrogen-bond acceptors (Lipinski definition) is 4. The maximum absolute atomic E-state index is 12.0. The van der Waals surface area contributed by atoms with Crippen LogP contribution in [-0.2, 0) is 16.1 Å². The molecular formula is C23H26Cl2N4O2. The van der Waals surface area contributed by atoms with E-state index in [9.17, 15) is 9.59 Å². The van der Waals surface area contributed by atoms with Gasteiger partial charge in [-0.15, -0.1) is 0 Å². The third-order valence-corrected chi connectivity index (χ3v) is 5.63. The molecule has 0 unspecified atom stereocenters. The van der Waals surface area contributed by atoms with Crippen LogP contribution in [0.25, 0.3) is 6.08 Å². The number of piperazine rings is 1. The van der Waals surface area contributed by atoms with Gasteiger partial charge in [0.05, 0.1) is 0 Å². The quantitative estimate of drug-likeness (QED) is 0.491. The number of nitrogens with zero attached hydrogens (tertiary/aromatic N) is 2. The van der Waals surface area contributed by atoms with E-state index in [0.29, 0.717) is 28.6 Å². The van der Waals surface area contributed by atoms with Crippen molar-refractivity contribution in [2.45, 2.75) is 13.0 Å². The number of hydrazine groups is 1. The molecular weight excluding hydrogens is 435 g/mol. The first-order valence-corrected chi connectivity index (χ1v) is 11.0. The van der Waals surface area contributed by atoms with E-state index in [2.05, 4.69) is 44.9 Å². The molecule has 0 radical (unpaired) electrons. The Morgan fingerprint density at radius 2 is 1.65 bits per heavy atom. The number of benzene rings is 2. The minimum atomic E-state index is -0.436. The Morgan fingerprint density at radius 3 is 2.35 bits per heavy atom. The standard InChI is InChI=1S/C23H26Cl2N4O2/c24-20-8-6-19(21(25)16-20)7-9-22(30)26-27-23(31)10-11-28-12-14-29(15-13-28)17-18-4-2-1-3-5-18/h1-9,16H,10-15,17H2,(H,26,30)(H,27,31). The van der Waals surface area contributed by atoms with E-state index in [1.165, 1.54) is 11.6 Å². The van der Waals surface area contributed by atoms with Gasteiger partial charge in [0, 0.05) is 61.8 Å². The Labute approximate surface area is 192 Å². The molecule has 6 nitrogen and oxygen atoms in total. The summed E-state index contributed by atoms with van der Waals surface area (Å²) in [4.78, 5) is 28.6. The van der Waals surface area contributed by atoms with Crippen LogP contribution < -0.4 is 10.9 Å². The van der Waals surface area contributed by atoms with Crippen molar-refractivity contribution in [2.24, 2.45) is 0 Å². The van der Waals surface area contributed by atoms with Gasteiger partial charge in [0.2, 0.25) is 5.91 Å². The van der Waals surface area contributed by atoms with Gasteiger partial charge in [-0.2, -0.15) is 0 Å². The highest BCUT2D eigenvalue weighted by Crippen LogP contribution is 2.21. The van der Waals surface area contributed by atoms with Crippen LogP contribution in [0.5, 0.6) is 0 Å². The van der Waals surface area contributed by atoms with Gasteiger partial charge in [-0.1, -0.05) is 59.6 Å². The molecule has 2 aromatic carbocycles. The van der Waals surface area contributed by atoms with Crippen molar-refractivity contribution in [1.82, 2.24) is 20.7 Å². The molecule has 164 valence electrons. The van der Waals surface area contributed by atoms with Crippen molar-refractivity contribution in [1.29, 1.82) is 0 Å². The molecule has 0 saturated carbocycles. The van der Waals surface area contributed by atoms with Crippen LogP contribution in [0.2, 0.25) is 10.0 Å². The predicted molar refractivity (Wildman–Crippen MR) is 125 cm³/mol. The molecule has 1 fully saturated rings. The third kappa shape index (κ3) is 7.99. The first-order chi connectivity index (χ1) is 15.0. The van der Waals surface area contributed by atoms with Crippen LogP contribution in [0.1, 0.15) is 17.5 Å². The molecule has 2 amide bonds. The van der Waals surface area contributed by atoms with E-state index in [0.717, 1.165) is 32.7 Å². The van der Waals surface area contributed by atoms with Crippen molar-refractivity contribution < 1.29 is 9.59 Å². The van der Waals surface area contributed by atoms with Crippen LogP contribution in [0.4, 0.5) is 0 Å². The summed E-state index contributed by atoms with van der Waals surface area (Å²) in [7, 11) is 0. The number of rotatable bonds is 7. The fraction of sp³-hybridized carbons (Fsp3) is 0.304. The smallest absolute Gasteiger partial charge is 0.262 e. The van der Waals surface area contributed by atoms with E-state index in [4.69, 9.17) is 23.2 Å². The minimum absolute atomic E-state index is 0.224. The summed E-state index contributed by atoms with van der Waals surface area (Å²) < 4.78 is 0. The Morgan fingerprint density at radius 1 is 0.935 bits per heavy atom. The zero-order valence-electron chi connectivity index (χ0n) is 17.2. The lowest BCUT2D eigenvalue weighted by atomic mass is 10.2. The molecule has 1 heterocycles. The molecule has 3 rings (SSSR count). The van der Waals surface area contributed by atoms with Crippen molar-refractivity contribution in [3.63, 3.8) is 0 Å². The molecule has 2 N–H and O–H groups in total. The summed E-state index contributed by atoms with van der Waals surface area (Å²) in [5.74, 6) is -0.660. The van der Waals surface area contributed by atoms with Gasteiger partial charge in [-0.05, 0) is 29.3 Å². The van der Waals surface area contributed by atoms with E-state index in [-0.39, 0.29) is 5.91 Å². The minimum Gasteiger partial charge on any atom is -0.300 e. The largest absolute Gasteiger partial charge is 0.300 e. The van der Waals surface area contributed by atoms with Crippen molar-refractivity contribution >= 4 is 41.1 Å². The van der Waals surface area contributed by atoms with Crippen LogP contribution in [0.15, 0.2) is 54.6 Å². The average molecular weight is 461 g/mol. The van der Waals surface area contributed by atoms with Gasteiger partial charge >= 0.3 is 0 Å². The number of carbonyl (C=O) groups is 2. The van der Waals surface area contributed by atoms with Crippen molar-refractivity contribution in [2.75, 3.05) is 32.7 Å². The van der Waals surface area contributed by atoms with Crippen molar-refractivity contribution in [3.05, 3.63) is 75.8 Å². The highest BCUT2D eigenvalue weighted by atomic mass is 35.5. The molecule has 1 aliphatic rings. The van der Waals surface area contributed by atoms with E-state index in [1.54, 1.807) is 24.3 Å². The maximum atomic E-state index is 12.0. The number of hydrogen-bond donors (Lipinski definition) is 2. The van der Waals surface area contributed by atoms with Crippen LogP contribution in [0, 0.1) is 0 Å². The van der Waals surface area contributed by atoms with Crippen LogP contribution in [0.3, 0.4) is 0 Å². The Kier molecular flexibility index (Phi) is 8.91. The summed E-state index contributed by atoms with van der Waals surface area (Å²) in [6.45, 7) is 5.43. The van der Waals surface area contributed by atoms with Crippen LogP contribution >= 0.6 is 23.2 Å². The first kappa shape index (κ1) is 23.3. The summed E-state index contributed by atoms with van der Waals surface area (Å²) in [5.41, 5.74) is 6.81. The monoisotopic (exact) mass is 460 g/mol. The molecule has 1 saturated heterocycles. The Balaban J connectivity index is 1.31. The second-order valence-electron chi connectivity index (χ2n) is 7.39. The lowest BCUT2D eigenvalue weighted by Crippen LogP contribution is -2.47. The predicted octanol–water partition coefficient (Wildman–Crippen LogP) is 3.36. The zero-order valence-corrected chi connectivity index (χ0v) is 18.7. The van der Waals surface area contributed by atoms with E-state index >= 15 is 0 Å². The molecule has 2 aromatic rings. The van der Waals surface area contributed by atoms with Gasteiger partial charge in [0.25, 0.3) is 5.91 Å². The summed E-state index contributed by atoms with van der Waals surface area (Å²) in [5, 5.41) is 0.973. The normalized spacial score (nSPS) is 15.2. The molecule has 0 atom stereocenters. The molecule has 1 aliphatic heterocycles. The van der Waals surface area contributed by atoms with Crippen LogP contribution in [-0.4, -0.2) is 54.3 Å². The highest BCUT2D eigenvalue weighted by Gasteiger charge is 2.17. The average Bonchev–Trinajstić information content (AvgIpc) is 2.77. The van der Waals surface area contributed by atoms with E-state index < -0.39 is 5.91 Å². The number of nitrogens with one attached hydrogen (secondary N) is 2. The zero-order chi connectivity index (χ0) is 22.1. The number of halogens is 2.